The molecule has 5 nitrogen and oxygen atoms in total. The molecule has 1 aliphatic carbocycles. The maximum absolute atomic E-state index is 11.7. The van der Waals surface area contributed by atoms with Crippen molar-refractivity contribution in [1.82, 2.24) is 10.6 Å². The van der Waals surface area contributed by atoms with Gasteiger partial charge in [0.15, 0.2) is 0 Å². The molecule has 1 rings (SSSR count). The molecule has 94 valence electrons. The van der Waals surface area contributed by atoms with Gasteiger partial charge in [-0.2, -0.15) is 0 Å². The van der Waals surface area contributed by atoms with Crippen molar-refractivity contribution in [2.45, 2.75) is 50.6 Å². The zero-order valence-corrected chi connectivity index (χ0v) is 10.2. The van der Waals surface area contributed by atoms with Crippen LogP contribution >= 0.6 is 0 Å². The second kappa shape index (κ2) is 4.66. The van der Waals surface area contributed by atoms with Gasteiger partial charge in [0.25, 0.3) is 0 Å². The predicted molar refractivity (Wildman–Crippen MR) is 63.4 cm³/mol. The number of carboxylic acid groups (broad SMARTS) is 1. The van der Waals surface area contributed by atoms with Gasteiger partial charge in [-0.05, 0) is 26.7 Å². The lowest BCUT2D eigenvalue weighted by Gasteiger charge is -2.28. The second-order valence-corrected chi connectivity index (χ2v) is 4.94. The molecule has 0 aromatic rings. The van der Waals surface area contributed by atoms with Gasteiger partial charge in [0.2, 0.25) is 0 Å². The number of hydrogen-bond donors (Lipinski definition) is 3. The first kappa shape index (κ1) is 13.4. The summed E-state index contributed by atoms with van der Waals surface area (Å²) in [6, 6.07) is -0.530. The van der Waals surface area contributed by atoms with E-state index in [2.05, 4.69) is 16.6 Å². The van der Waals surface area contributed by atoms with E-state index in [0.29, 0.717) is 12.8 Å². The fourth-order valence-electron chi connectivity index (χ4n) is 1.94. The van der Waals surface area contributed by atoms with Crippen LogP contribution in [0.1, 0.15) is 39.5 Å². The van der Waals surface area contributed by atoms with Gasteiger partial charge in [0.05, 0.1) is 5.54 Å². The number of aliphatic carboxylic acids is 1. The van der Waals surface area contributed by atoms with Crippen molar-refractivity contribution in [3.63, 3.8) is 0 Å². The van der Waals surface area contributed by atoms with Crippen molar-refractivity contribution in [3.05, 3.63) is 0 Å². The lowest BCUT2D eigenvalue weighted by atomic mass is 9.98. The summed E-state index contributed by atoms with van der Waals surface area (Å²) >= 11 is 0. The van der Waals surface area contributed by atoms with Gasteiger partial charge in [-0.25, -0.2) is 9.59 Å². The Morgan fingerprint density at radius 3 is 2.29 bits per heavy atom. The zero-order valence-electron chi connectivity index (χ0n) is 10.2. The number of nitrogens with one attached hydrogen (secondary N) is 2. The van der Waals surface area contributed by atoms with Gasteiger partial charge in [-0.3, -0.25) is 0 Å². The number of carbonyl (C=O) groups excluding carboxylic acids is 1. The molecule has 5 heteroatoms. The third-order valence-electron chi connectivity index (χ3n) is 3.01. The topological polar surface area (TPSA) is 78.4 Å². The maximum atomic E-state index is 11.7. The third-order valence-corrected chi connectivity index (χ3v) is 3.01. The molecule has 17 heavy (non-hydrogen) atoms. The maximum Gasteiger partial charge on any atom is 0.329 e. The van der Waals surface area contributed by atoms with E-state index < -0.39 is 23.1 Å². The zero-order chi connectivity index (χ0) is 13.1. The first-order valence-electron chi connectivity index (χ1n) is 5.63. The quantitative estimate of drug-likeness (QED) is 0.644. The van der Waals surface area contributed by atoms with Crippen molar-refractivity contribution in [3.8, 4) is 12.3 Å². The molecule has 0 aromatic carbocycles. The highest BCUT2D eigenvalue weighted by atomic mass is 16.4. The smallest absolute Gasteiger partial charge is 0.329 e. The first-order valence-corrected chi connectivity index (χ1v) is 5.63. The molecule has 0 atom stereocenters. The number of carbonyl (C=O) groups is 2. The van der Waals surface area contributed by atoms with Crippen LogP contribution in [0.25, 0.3) is 0 Å². The third kappa shape index (κ3) is 3.13. The van der Waals surface area contributed by atoms with E-state index in [1.807, 2.05) is 0 Å². The molecule has 2 amide bonds. The summed E-state index contributed by atoms with van der Waals surface area (Å²) in [5.74, 6) is 1.44. The van der Waals surface area contributed by atoms with Crippen LogP contribution in [0.5, 0.6) is 0 Å². The normalized spacial score (nSPS) is 18.2. The van der Waals surface area contributed by atoms with Crippen LogP contribution in [0.3, 0.4) is 0 Å². The highest BCUT2D eigenvalue weighted by Gasteiger charge is 2.43. The Kier molecular flexibility index (Phi) is 3.66. The van der Waals surface area contributed by atoms with Gasteiger partial charge in [0.1, 0.15) is 5.54 Å². The Balaban J connectivity index is 2.67. The Morgan fingerprint density at radius 1 is 1.35 bits per heavy atom. The van der Waals surface area contributed by atoms with Gasteiger partial charge in [0, 0.05) is 0 Å². The molecule has 0 heterocycles. The standard InChI is InChI=1S/C12H18N2O3/c1-4-11(2,3)13-10(17)14-12(9(15)16)7-5-6-8-12/h1H,5-8H2,2-3H3,(H,15,16)(H2,13,14,17). The summed E-state index contributed by atoms with van der Waals surface area (Å²) in [6.07, 6.45) is 7.80. The van der Waals surface area contributed by atoms with E-state index in [1.165, 1.54) is 0 Å². The number of amides is 2. The van der Waals surface area contributed by atoms with Crippen LogP contribution in [0.15, 0.2) is 0 Å². The summed E-state index contributed by atoms with van der Waals surface area (Å²) in [4.78, 5) is 22.9. The fraction of sp³-hybridized carbons (Fsp3) is 0.667. The van der Waals surface area contributed by atoms with Crippen molar-refractivity contribution in [2.24, 2.45) is 0 Å². The molecular formula is C12H18N2O3. The summed E-state index contributed by atoms with van der Waals surface area (Å²) in [6.45, 7) is 3.35. The van der Waals surface area contributed by atoms with E-state index in [9.17, 15) is 14.7 Å². The van der Waals surface area contributed by atoms with Crippen molar-refractivity contribution >= 4 is 12.0 Å². The molecule has 0 aromatic heterocycles. The molecular weight excluding hydrogens is 220 g/mol. The second-order valence-electron chi connectivity index (χ2n) is 4.94. The molecule has 3 N–H and O–H groups in total. The first-order chi connectivity index (χ1) is 7.81. The number of hydrogen-bond acceptors (Lipinski definition) is 2. The minimum atomic E-state index is -1.13. The number of urea groups is 1. The average Bonchev–Trinajstić information content (AvgIpc) is 2.66. The van der Waals surface area contributed by atoms with E-state index in [-0.39, 0.29) is 0 Å². The van der Waals surface area contributed by atoms with Crippen molar-refractivity contribution in [2.75, 3.05) is 0 Å². The fourth-order valence-corrected chi connectivity index (χ4v) is 1.94. The summed E-state index contributed by atoms with van der Waals surface area (Å²) < 4.78 is 0. The molecule has 1 saturated carbocycles. The SMILES string of the molecule is C#CC(C)(C)NC(=O)NC1(C(=O)O)CCCC1. The van der Waals surface area contributed by atoms with Gasteiger partial charge >= 0.3 is 12.0 Å². The van der Waals surface area contributed by atoms with E-state index in [4.69, 9.17) is 6.42 Å². The van der Waals surface area contributed by atoms with Crippen LogP contribution in [-0.2, 0) is 4.79 Å². The Bertz CT molecular complexity index is 362. The van der Waals surface area contributed by atoms with Crippen LogP contribution in [0.4, 0.5) is 4.79 Å². The Hall–Kier alpha value is -1.70. The molecule has 0 spiro atoms. The van der Waals surface area contributed by atoms with Crippen LogP contribution in [0, 0.1) is 12.3 Å². The highest BCUT2D eigenvalue weighted by molar-refractivity contribution is 5.87. The van der Waals surface area contributed by atoms with Gasteiger partial charge in [-0.15, -0.1) is 6.42 Å². The monoisotopic (exact) mass is 238 g/mol. The molecule has 0 radical (unpaired) electrons. The summed E-state index contributed by atoms with van der Waals surface area (Å²) in [5.41, 5.74) is -1.92. The van der Waals surface area contributed by atoms with Crippen molar-refractivity contribution < 1.29 is 14.7 Å². The summed E-state index contributed by atoms with van der Waals surface area (Å²) in [5, 5.41) is 14.3. The van der Waals surface area contributed by atoms with E-state index >= 15 is 0 Å². The average molecular weight is 238 g/mol. The molecule has 0 unspecified atom stereocenters. The van der Waals surface area contributed by atoms with Crippen LogP contribution in [-0.4, -0.2) is 28.2 Å². The van der Waals surface area contributed by atoms with Crippen LogP contribution < -0.4 is 10.6 Å². The highest BCUT2D eigenvalue weighted by Crippen LogP contribution is 2.29. The largest absolute Gasteiger partial charge is 0.480 e. The molecule has 0 bridgehead atoms. The number of rotatable bonds is 3. The predicted octanol–water partition coefficient (Wildman–Crippen LogP) is 1.09. The molecule has 0 aliphatic heterocycles. The minimum absolute atomic E-state index is 0.465. The van der Waals surface area contributed by atoms with Crippen molar-refractivity contribution in [1.29, 1.82) is 0 Å². The van der Waals surface area contributed by atoms with Gasteiger partial charge < -0.3 is 15.7 Å². The molecule has 0 saturated heterocycles. The van der Waals surface area contributed by atoms with Gasteiger partial charge in [-0.1, -0.05) is 18.8 Å². The van der Waals surface area contributed by atoms with Crippen LogP contribution in [0.2, 0.25) is 0 Å². The number of carboxylic acids is 1. The Labute approximate surface area is 101 Å². The Morgan fingerprint density at radius 2 is 1.88 bits per heavy atom. The van der Waals surface area contributed by atoms with E-state index in [1.54, 1.807) is 13.8 Å². The van der Waals surface area contributed by atoms with E-state index in [0.717, 1.165) is 12.8 Å². The number of terminal acetylenes is 1. The molecule has 1 aliphatic rings. The minimum Gasteiger partial charge on any atom is -0.480 e. The molecule has 1 fully saturated rings. The summed E-state index contributed by atoms with van der Waals surface area (Å²) in [7, 11) is 0. The lowest BCUT2D eigenvalue weighted by molar-refractivity contribution is -0.144. The lowest BCUT2D eigenvalue weighted by Crippen LogP contribution is -2.58.